The van der Waals surface area contributed by atoms with Crippen molar-refractivity contribution >= 4 is 22.9 Å². The Morgan fingerprint density at radius 1 is 1.50 bits per heavy atom. The number of halogens is 1. The average molecular weight is 205 g/mol. The molecule has 1 rings (SSSR count). The molecule has 4 N–H and O–H groups in total. The fraction of sp³-hybridized carbons (Fsp3) is 0.500. The van der Waals surface area contributed by atoms with E-state index in [2.05, 4.69) is 0 Å². The van der Waals surface area contributed by atoms with Gasteiger partial charge in [0, 0.05) is 10.9 Å². The lowest BCUT2D eigenvalue weighted by Gasteiger charge is -2.07. The van der Waals surface area contributed by atoms with Crippen molar-refractivity contribution in [3.05, 3.63) is 21.3 Å². The van der Waals surface area contributed by atoms with Crippen molar-refractivity contribution in [2.45, 2.75) is 18.9 Å². The molecule has 0 aliphatic rings. The van der Waals surface area contributed by atoms with Gasteiger partial charge in [-0.05, 0) is 31.5 Å². The molecule has 12 heavy (non-hydrogen) atoms. The summed E-state index contributed by atoms with van der Waals surface area (Å²) in [6.07, 6.45) is 1.91. The lowest BCUT2D eigenvalue weighted by atomic mass is 10.1. The van der Waals surface area contributed by atoms with Gasteiger partial charge >= 0.3 is 0 Å². The molecular formula is C8H13ClN2S. The molecule has 0 saturated heterocycles. The van der Waals surface area contributed by atoms with Crippen LogP contribution in [0.4, 0.5) is 0 Å². The van der Waals surface area contributed by atoms with Gasteiger partial charge in [0.1, 0.15) is 0 Å². The molecule has 0 spiro atoms. The van der Waals surface area contributed by atoms with Crippen LogP contribution in [0.15, 0.2) is 12.1 Å². The summed E-state index contributed by atoms with van der Waals surface area (Å²) < 4.78 is 0.799. The van der Waals surface area contributed by atoms with Crippen LogP contribution in [0.3, 0.4) is 0 Å². The van der Waals surface area contributed by atoms with Gasteiger partial charge < -0.3 is 11.5 Å². The fourth-order valence-corrected chi connectivity index (χ4v) is 2.10. The summed E-state index contributed by atoms with van der Waals surface area (Å²) in [5, 5.41) is 0. The van der Waals surface area contributed by atoms with Crippen molar-refractivity contribution in [2.24, 2.45) is 11.5 Å². The van der Waals surface area contributed by atoms with Gasteiger partial charge in [0.05, 0.1) is 4.34 Å². The second-order valence-corrected chi connectivity index (χ2v) is 4.43. The Hall–Kier alpha value is -0.0900. The van der Waals surface area contributed by atoms with Crippen molar-refractivity contribution in [1.29, 1.82) is 0 Å². The predicted octanol–water partition coefficient (Wildman–Crippen LogP) is 2.14. The van der Waals surface area contributed by atoms with E-state index in [4.69, 9.17) is 23.1 Å². The zero-order chi connectivity index (χ0) is 8.97. The van der Waals surface area contributed by atoms with Crippen molar-refractivity contribution < 1.29 is 0 Å². The lowest BCUT2D eigenvalue weighted by Crippen LogP contribution is -2.10. The van der Waals surface area contributed by atoms with Gasteiger partial charge in [-0.3, -0.25) is 0 Å². The summed E-state index contributed by atoms with van der Waals surface area (Å²) in [5.74, 6) is 0. The third kappa shape index (κ3) is 2.75. The van der Waals surface area contributed by atoms with Gasteiger partial charge in [0.25, 0.3) is 0 Å². The molecule has 1 aromatic heterocycles. The van der Waals surface area contributed by atoms with E-state index in [1.54, 1.807) is 11.3 Å². The van der Waals surface area contributed by atoms with Gasteiger partial charge in [-0.25, -0.2) is 0 Å². The van der Waals surface area contributed by atoms with Gasteiger partial charge in [0.2, 0.25) is 0 Å². The number of nitrogens with two attached hydrogens (primary N) is 2. The summed E-state index contributed by atoms with van der Waals surface area (Å²) in [6.45, 7) is 0.701. The number of hydrogen-bond acceptors (Lipinski definition) is 3. The Labute approximate surface area is 81.5 Å². The molecule has 1 unspecified atom stereocenters. The zero-order valence-corrected chi connectivity index (χ0v) is 8.37. The molecule has 4 heteroatoms. The largest absolute Gasteiger partial charge is 0.330 e. The molecule has 68 valence electrons. The Kier molecular flexibility index (Phi) is 4.01. The first-order valence-corrected chi connectivity index (χ1v) is 5.14. The van der Waals surface area contributed by atoms with Crippen molar-refractivity contribution in [3.63, 3.8) is 0 Å². The molecule has 0 radical (unpaired) electrons. The quantitative estimate of drug-likeness (QED) is 0.790. The average Bonchev–Trinajstić information content (AvgIpc) is 2.47. The molecule has 1 heterocycles. The standard InChI is InChI=1S/C8H13ClN2S/c9-8-4-3-7(12-8)6(11)2-1-5-10/h3-4,6H,1-2,5,10-11H2. The maximum atomic E-state index is 5.89. The maximum absolute atomic E-state index is 5.89. The Morgan fingerprint density at radius 2 is 2.25 bits per heavy atom. The van der Waals surface area contributed by atoms with Crippen LogP contribution in [-0.2, 0) is 0 Å². The van der Waals surface area contributed by atoms with Crippen LogP contribution in [0.2, 0.25) is 4.34 Å². The van der Waals surface area contributed by atoms with E-state index in [9.17, 15) is 0 Å². The molecule has 0 bridgehead atoms. The van der Waals surface area contributed by atoms with E-state index in [0.717, 1.165) is 22.1 Å². The molecule has 0 amide bonds. The summed E-state index contributed by atoms with van der Waals surface area (Å²) in [4.78, 5) is 1.15. The molecule has 0 aliphatic heterocycles. The molecule has 0 aromatic carbocycles. The minimum absolute atomic E-state index is 0.103. The minimum atomic E-state index is 0.103. The van der Waals surface area contributed by atoms with Crippen molar-refractivity contribution in [2.75, 3.05) is 6.54 Å². The fourth-order valence-electron chi connectivity index (χ4n) is 1.01. The third-order valence-electron chi connectivity index (χ3n) is 1.68. The molecule has 0 fully saturated rings. The molecule has 0 saturated carbocycles. The van der Waals surface area contributed by atoms with Gasteiger partial charge in [-0.15, -0.1) is 11.3 Å². The molecule has 1 atom stereocenters. The van der Waals surface area contributed by atoms with E-state index in [1.165, 1.54) is 0 Å². The Balaban J connectivity index is 2.47. The molecule has 0 aliphatic carbocycles. The first-order chi connectivity index (χ1) is 5.74. The van der Waals surface area contributed by atoms with E-state index in [0.29, 0.717) is 6.54 Å². The van der Waals surface area contributed by atoms with Gasteiger partial charge in [-0.2, -0.15) is 0 Å². The Morgan fingerprint density at radius 3 is 2.75 bits per heavy atom. The normalized spacial score (nSPS) is 13.2. The monoisotopic (exact) mass is 204 g/mol. The van der Waals surface area contributed by atoms with Crippen LogP contribution in [0.1, 0.15) is 23.8 Å². The predicted molar refractivity (Wildman–Crippen MR) is 54.5 cm³/mol. The lowest BCUT2D eigenvalue weighted by molar-refractivity contribution is 0.626. The van der Waals surface area contributed by atoms with Crippen LogP contribution in [0, 0.1) is 0 Å². The van der Waals surface area contributed by atoms with Crippen LogP contribution in [0.25, 0.3) is 0 Å². The highest BCUT2D eigenvalue weighted by molar-refractivity contribution is 7.16. The van der Waals surface area contributed by atoms with E-state index < -0.39 is 0 Å². The topological polar surface area (TPSA) is 52.0 Å². The number of hydrogen-bond donors (Lipinski definition) is 2. The first-order valence-electron chi connectivity index (χ1n) is 3.95. The van der Waals surface area contributed by atoms with Crippen molar-refractivity contribution in [3.8, 4) is 0 Å². The van der Waals surface area contributed by atoms with E-state index >= 15 is 0 Å². The van der Waals surface area contributed by atoms with Crippen LogP contribution in [0.5, 0.6) is 0 Å². The van der Waals surface area contributed by atoms with Crippen LogP contribution >= 0.6 is 22.9 Å². The maximum Gasteiger partial charge on any atom is 0.0931 e. The Bertz CT molecular complexity index is 237. The van der Waals surface area contributed by atoms with Crippen LogP contribution in [-0.4, -0.2) is 6.54 Å². The summed E-state index contributed by atoms with van der Waals surface area (Å²) in [5.41, 5.74) is 11.3. The smallest absolute Gasteiger partial charge is 0.0931 e. The second-order valence-electron chi connectivity index (χ2n) is 2.68. The van der Waals surface area contributed by atoms with E-state index in [-0.39, 0.29) is 6.04 Å². The summed E-state index contributed by atoms with van der Waals surface area (Å²) in [6, 6.07) is 3.96. The first kappa shape index (κ1) is 9.99. The highest BCUT2D eigenvalue weighted by Crippen LogP contribution is 2.27. The van der Waals surface area contributed by atoms with Gasteiger partial charge in [-0.1, -0.05) is 11.6 Å². The van der Waals surface area contributed by atoms with Crippen molar-refractivity contribution in [1.82, 2.24) is 0 Å². The SMILES string of the molecule is NCCCC(N)c1ccc(Cl)s1. The summed E-state index contributed by atoms with van der Waals surface area (Å²) in [7, 11) is 0. The number of rotatable bonds is 4. The summed E-state index contributed by atoms with van der Waals surface area (Å²) >= 11 is 7.32. The minimum Gasteiger partial charge on any atom is -0.330 e. The molecule has 1 aromatic rings. The number of thiophene rings is 1. The third-order valence-corrected chi connectivity index (χ3v) is 3.04. The molecule has 2 nitrogen and oxygen atoms in total. The van der Waals surface area contributed by atoms with Crippen LogP contribution < -0.4 is 11.5 Å². The highest BCUT2D eigenvalue weighted by Gasteiger charge is 2.07. The van der Waals surface area contributed by atoms with Gasteiger partial charge in [0.15, 0.2) is 0 Å². The zero-order valence-electron chi connectivity index (χ0n) is 6.79. The molecular weight excluding hydrogens is 192 g/mol. The van der Waals surface area contributed by atoms with E-state index in [1.807, 2.05) is 12.1 Å². The second kappa shape index (κ2) is 4.82. The highest BCUT2D eigenvalue weighted by atomic mass is 35.5.